The summed E-state index contributed by atoms with van der Waals surface area (Å²) in [6.45, 7) is 2.05. The van der Waals surface area contributed by atoms with E-state index in [1.165, 1.54) is 12.1 Å². The maximum Gasteiger partial charge on any atom is 0.234 e. The highest BCUT2D eigenvalue weighted by atomic mass is 19.1. The summed E-state index contributed by atoms with van der Waals surface area (Å²) in [6.07, 6.45) is 0.943. The van der Waals surface area contributed by atoms with Gasteiger partial charge in [0.05, 0.1) is 6.54 Å². The van der Waals surface area contributed by atoms with Gasteiger partial charge in [0.25, 0.3) is 0 Å². The molecule has 1 aromatic carbocycles. The van der Waals surface area contributed by atoms with Crippen LogP contribution in [0.1, 0.15) is 17.9 Å². The highest BCUT2D eigenvalue weighted by Crippen LogP contribution is 2.25. The number of piperidine rings is 1. The minimum absolute atomic E-state index is 0.0239. The van der Waals surface area contributed by atoms with Gasteiger partial charge in [0, 0.05) is 18.5 Å². The molecule has 0 radical (unpaired) electrons. The van der Waals surface area contributed by atoms with Gasteiger partial charge in [-0.3, -0.25) is 4.79 Å². The van der Waals surface area contributed by atoms with Gasteiger partial charge < -0.3 is 15.5 Å². The molecule has 0 aliphatic carbocycles. The van der Waals surface area contributed by atoms with Crippen LogP contribution in [0.5, 0.6) is 0 Å². The van der Waals surface area contributed by atoms with E-state index in [9.17, 15) is 9.18 Å². The molecule has 1 heterocycles. The van der Waals surface area contributed by atoms with Crippen LogP contribution >= 0.6 is 0 Å². The Morgan fingerprint density at radius 2 is 2.10 bits per heavy atom. The van der Waals surface area contributed by atoms with Crippen LogP contribution in [0.2, 0.25) is 0 Å². The first-order chi connectivity index (χ1) is 9.56. The predicted molar refractivity (Wildman–Crippen MR) is 77.1 cm³/mol. The number of amides is 1. The van der Waals surface area contributed by atoms with Gasteiger partial charge in [-0.05, 0) is 44.8 Å². The van der Waals surface area contributed by atoms with E-state index in [1.807, 2.05) is 31.1 Å². The molecule has 0 saturated carbocycles. The first-order valence-electron chi connectivity index (χ1n) is 6.96. The number of rotatable bonds is 4. The van der Waals surface area contributed by atoms with Crippen LogP contribution in [0.25, 0.3) is 0 Å². The fourth-order valence-corrected chi connectivity index (χ4v) is 2.66. The molecule has 0 bridgehead atoms. The monoisotopic (exact) mass is 279 g/mol. The summed E-state index contributed by atoms with van der Waals surface area (Å²) in [7, 11) is 3.74. The van der Waals surface area contributed by atoms with Gasteiger partial charge in [0.2, 0.25) is 5.91 Å². The fraction of sp³-hybridized carbons (Fsp3) is 0.533. The van der Waals surface area contributed by atoms with Crippen LogP contribution in [0.3, 0.4) is 0 Å². The van der Waals surface area contributed by atoms with Gasteiger partial charge in [-0.2, -0.15) is 0 Å². The van der Waals surface area contributed by atoms with Gasteiger partial charge in [-0.25, -0.2) is 4.39 Å². The number of benzene rings is 1. The predicted octanol–water partition coefficient (Wildman–Crippen LogP) is 0.949. The van der Waals surface area contributed by atoms with E-state index in [2.05, 4.69) is 10.6 Å². The number of carbonyl (C=O) groups excluding carboxylic acids is 1. The number of nitrogens with one attached hydrogen (secondary N) is 2. The lowest BCUT2D eigenvalue weighted by atomic mass is 9.86. The standard InChI is InChI=1S/C15H22FN3O/c1-19(2)10-15(20)18-14-9-17-8-7-13(14)11-3-5-12(16)6-4-11/h3-6,13-14,17H,7-10H2,1-2H3,(H,18,20). The molecule has 4 nitrogen and oxygen atoms in total. The van der Waals surface area contributed by atoms with Crippen molar-refractivity contribution in [3.05, 3.63) is 35.6 Å². The molecule has 110 valence electrons. The number of carbonyl (C=O) groups is 1. The molecule has 1 aliphatic rings. The van der Waals surface area contributed by atoms with E-state index in [0.29, 0.717) is 6.54 Å². The van der Waals surface area contributed by atoms with Crippen LogP contribution in [-0.2, 0) is 4.79 Å². The van der Waals surface area contributed by atoms with Gasteiger partial charge in [-0.1, -0.05) is 12.1 Å². The summed E-state index contributed by atoms with van der Waals surface area (Å²) in [5.41, 5.74) is 1.09. The lowest BCUT2D eigenvalue weighted by molar-refractivity contribution is -0.122. The van der Waals surface area contributed by atoms with Gasteiger partial charge >= 0.3 is 0 Å². The second-order valence-corrected chi connectivity index (χ2v) is 5.56. The summed E-state index contributed by atoms with van der Waals surface area (Å²) in [5, 5.41) is 6.38. The summed E-state index contributed by atoms with van der Waals surface area (Å²) in [4.78, 5) is 13.8. The van der Waals surface area contributed by atoms with Crippen LogP contribution in [0, 0.1) is 5.82 Å². The van der Waals surface area contributed by atoms with Crippen molar-refractivity contribution in [1.29, 1.82) is 0 Å². The fourth-order valence-electron chi connectivity index (χ4n) is 2.66. The molecule has 2 rings (SSSR count). The Morgan fingerprint density at radius 1 is 1.40 bits per heavy atom. The molecule has 0 aromatic heterocycles. The van der Waals surface area contributed by atoms with E-state index in [4.69, 9.17) is 0 Å². The average Bonchev–Trinajstić information content (AvgIpc) is 2.39. The van der Waals surface area contributed by atoms with Crippen molar-refractivity contribution in [2.24, 2.45) is 0 Å². The van der Waals surface area contributed by atoms with Crippen molar-refractivity contribution in [3.8, 4) is 0 Å². The SMILES string of the molecule is CN(C)CC(=O)NC1CNCCC1c1ccc(F)cc1. The van der Waals surface area contributed by atoms with Crippen LogP contribution in [0.4, 0.5) is 4.39 Å². The Kier molecular flexibility index (Phi) is 5.09. The van der Waals surface area contributed by atoms with Gasteiger partial charge in [0.1, 0.15) is 5.82 Å². The highest BCUT2D eigenvalue weighted by Gasteiger charge is 2.27. The highest BCUT2D eigenvalue weighted by molar-refractivity contribution is 5.78. The summed E-state index contributed by atoms with van der Waals surface area (Å²) < 4.78 is 13.0. The van der Waals surface area contributed by atoms with Gasteiger partial charge in [0.15, 0.2) is 0 Å². The topological polar surface area (TPSA) is 44.4 Å². The molecule has 2 atom stereocenters. The first kappa shape index (κ1) is 14.9. The third kappa shape index (κ3) is 4.02. The van der Waals surface area contributed by atoms with Crippen molar-refractivity contribution in [1.82, 2.24) is 15.5 Å². The number of likely N-dealkylation sites (N-methyl/N-ethyl adjacent to an activating group) is 1. The molecule has 0 spiro atoms. The Morgan fingerprint density at radius 3 is 2.75 bits per heavy atom. The van der Waals surface area contributed by atoms with Gasteiger partial charge in [-0.15, -0.1) is 0 Å². The molecule has 1 saturated heterocycles. The van der Waals surface area contributed by atoms with Crippen LogP contribution in [-0.4, -0.2) is 50.6 Å². The van der Waals surface area contributed by atoms with Crippen molar-refractivity contribution in [2.45, 2.75) is 18.4 Å². The molecule has 1 aliphatic heterocycles. The quantitative estimate of drug-likeness (QED) is 0.862. The van der Waals surface area contributed by atoms with E-state index >= 15 is 0 Å². The zero-order valence-corrected chi connectivity index (χ0v) is 12.0. The number of hydrogen-bond acceptors (Lipinski definition) is 3. The molecular weight excluding hydrogens is 257 g/mol. The average molecular weight is 279 g/mol. The molecular formula is C15H22FN3O. The van der Waals surface area contributed by atoms with Crippen LogP contribution in [0.15, 0.2) is 24.3 Å². The Labute approximate surface area is 119 Å². The Balaban J connectivity index is 2.05. The minimum Gasteiger partial charge on any atom is -0.350 e. The Hall–Kier alpha value is -1.46. The normalized spacial score (nSPS) is 22.8. The third-order valence-corrected chi connectivity index (χ3v) is 3.59. The molecule has 1 amide bonds. The molecule has 2 N–H and O–H groups in total. The third-order valence-electron chi connectivity index (χ3n) is 3.59. The van der Waals surface area contributed by atoms with Crippen LogP contribution < -0.4 is 10.6 Å². The lowest BCUT2D eigenvalue weighted by Gasteiger charge is -2.33. The number of hydrogen-bond donors (Lipinski definition) is 2. The zero-order valence-electron chi connectivity index (χ0n) is 12.0. The Bertz CT molecular complexity index is 447. The second-order valence-electron chi connectivity index (χ2n) is 5.56. The van der Waals surface area contributed by atoms with Crippen molar-refractivity contribution >= 4 is 5.91 Å². The van der Waals surface area contributed by atoms with E-state index < -0.39 is 0 Å². The maximum atomic E-state index is 13.0. The number of halogens is 1. The van der Waals surface area contributed by atoms with Crippen molar-refractivity contribution in [2.75, 3.05) is 33.7 Å². The van der Waals surface area contributed by atoms with Crippen molar-refractivity contribution < 1.29 is 9.18 Å². The zero-order chi connectivity index (χ0) is 14.5. The molecule has 1 fully saturated rings. The smallest absolute Gasteiger partial charge is 0.234 e. The molecule has 5 heteroatoms. The van der Waals surface area contributed by atoms with Crippen molar-refractivity contribution in [3.63, 3.8) is 0 Å². The first-order valence-corrected chi connectivity index (χ1v) is 6.96. The number of nitrogens with zero attached hydrogens (tertiary/aromatic N) is 1. The van der Waals surface area contributed by atoms with E-state index in [1.54, 1.807) is 0 Å². The largest absolute Gasteiger partial charge is 0.350 e. The summed E-state index contributed by atoms with van der Waals surface area (Å²) in [5.74, 6) is 0.0367. The molecule has 2 unspecified atom stereocenters. The molecule has 1 aromatic rings. The van der Waals surface area contributed by atoms with E-state index in [-0.39, 0.29) is 23.7 Å². The lowest BCUT2D eigenvalue weighted by Crippen LogP contribution is -2.51. The minimum atomic E-state index is -0.226. The van der Waals surface area contributed by atoms with E-state index in [0.717, 1.165) is 25.1 Å². The summed E-state index contributed by atoms with van der Waals surface area (Å²) >= 11 is 0. The molecule has 20 heavy (non-hydrogen) atoms. The second kappa shape index (κ2) is 6.81. The summed E-state index contributed by atoms with van der Waals surface area (Å²) in [6, 6.07) is 6.65. The maximum absolute atomic E-state index is 13.0.